The Morgan fingerprint density at radius 1 is 1.11 bits per heavy atom. The van der Waals surface area contributed by atoms with Gasteiger partial charge in [0.05, 0.1) is 30.8 Å². The summed E-state index contributed by atoms with van der Waals surface area (Å²) in [6, 6.07) is -1.34. The fourth-order valence-corrected chi connectivity index (χ4v) is 4.74. The number of rotatable bonds is 5. The van der Waals surface area contributed by atoms with E-state index >= 15 is 0 Å². The van der Waals surface area contributed by atoms with Crippen LogP contribution in [0.3, 0.4) is 0 Å². The van der Waals surface area contributed by atoms with E-state index in [9.17, 15) is 15.3 Å². The zero-order valence-electron chi connectivity index (χ0n) is 16.2. The molecule has 9 atom stereocenters. The van der Waals surface area contributed by atoms with E-state index in [2.05, 4.69) is 10.6 Å². The topological polar surface area (TPSA) is 116 Å². The maximum absolute atomic E-state index is 11.4. The van der Waals surface area contributed by atoms with Gasteiger partial charge in [-0.2, -0.15) is 0 Å². The average Bonchev–Trinajstić information content (AvgIpc) is 3.43. The summed E-state index contributed by atoms with van der Waals surface area (Å²) in [4.78, 5) is 1.85. The number of hydrogen-bond acceptors (Lipinski definition) is 9. The van der Waals surface area contributed by atoms with Gasteiger partial charge >= 0.3 is 0 Å². The monoisotopic (exact) mass is 387 g/mol. The summed E-state index contributed by atoms with van der Waals surface area (Å²) < 4.78 is 17.9. The third kappa shape index (κ3) is 3.43. The number of nitrogens with one attached hydrogen (secondary N) is 2. The molecule has 2 aliphatic carbocycles. The standard InChI is InChI=1S/C18H33N3O6/c1-19-11-13(22)12(21(2)3)15-16(14(11)23)26-17-18(24,27-15)10(6-7-25-17)20-8-9-4-5-9/h9-17,19-20,22-24H,4-8H2,1-3H3. The van der Waals surface area contributed by atoms with Gasteiger partial charge in [-0.15, -0.1) is 0 Å². The number of nitrogens with zero attached hydrogens (tertiary/aromatic N) is 1. The zero-order chi connectivity index (χ0) is 19.3. The first-order chi connectivity index (χ1) is 12.9. The summed E-state index contributed by atoms with van der Waals surface area (Å²) in [6.45, 7) is 1.28. The third-order valence-electron chi connectivity index (χ3n) is 6.48. The molecule has 9 nitrogen and oxygen atoms in total. The van der Waals surface area contributed by atoms with Crippen LogP contribution >= 0.6 is 0 Å². The minimum Gasteiger partial charge on any atom is -0.390 e. The lowest BCUT2D eigenvalue weighted by Crippen LogP contribution is -2.78. The van der Waals surface area contributed by atoms with Gasteiger partial charge < -0.3 is 45.1 Å². The van der Waals surface area contributed by atoms with E-state index < -0.39 is 48.6 Å². The third-order valence-corrected chi connectivity index (χ3v) is 6.48. The van der Waals surface area contributed by atoms with Crippen molar-refractivity contribution in [3.63, 3.8) is 0 Å². The maximum Gasteiger partial charge on any atom is 0.234 e. The summed E-state index contributed by atoms with van der Waals surface area (Å²) in [7, 11) is 5.38. The first kappa shape index (κ1) is 19.9. The van der Waals surface area contributed by atoms with Crippen LogP contribution in [-0.2, 0) is 14.2 Å². The molecule has 2 saturated heterocycles. The minimum absolute atomic E-state index is 0.322. The first-order valence-electron chi connectivity index (χ1n) is 9.97. The molecule has 0 aromatic heterocycles. The molecule has 2 saturated carbocycles. The van der Waals surface area contributed by atoms with Crippen LogP contribution in [0.1, 0.15) is 19.3 Å². The number of likely N-dealkylation sites (N-methyl/N-ethyl adjacent to an activating group) is 2. The molecule has 2 aliphatic heterocycles. The Bertz CT molecular complexity index is 535. The van der Waals surface area contributed by atoms with Crippen LogP contribution in [0.4, 0.5) is 0 Å². The van der Waals surface area contributed by atoms with Gasteiger partial charge in [0.15, 0.2) is 0 Å². The van der Waals surface area contributed by atoms with E-state index in [1.807, 2.05) is 19.0 Å². The Balaban J connectivity index is 1.59. The van der Waals surface area contributed by atoms with Crippen LogP contribution in [0.5, 0.6) is 0 Å². The predicted octanol–water partition coefficient (Wildman–Crippen LogP) is -2.17. The lowest BCUT2D eigenvalue weighted by atomic mass is 9.79. The molecule has 4 rings (SSSR count). The summed E-state index contributed by atoms with van der Waals surface area (Å²) in [5.41, 5.74) is 0. The van der Waals surface area contributed by atoms with Crippen LogP contribution < -0.4 is 10.6 Å². The van der Waals surface area contributed by atoms with Crippen molar-refractivity contribution < 1.29 is 29.5 Å². The highest BCUT2D eigenvalue weighted by molar-refractivity contribution is 5.10. The molecule has 0 aromatic carbocycles. The van der Waals surface area contributed by atoms with E-state index in [0.29, 0.717) is 18.9 Å². The molecule has 0 aromatic rings. The number of ether oxygens (including phenoxy) is 3. The van der Waals surface area contributed by atoms with Gasteiger partial charge in [-0.25, -0.2) is 0 Å². The van der Waals surface area contributed by atoms with E-state index in [1.165, 1.54) is 12.8 Å². The van der Waals surface area contributed by atoms with E-state index in [0.717, 1.165) is 6.54 Å². The Morgan fingerprint density at radius 3 is 2.48 bits per heavy atom. The van der Waals surface area contributed by atoms with Gasteiger partial charge in [-0.1, -0.05) is 0 Å². The Labute approximate surface area is 160 Å². The molecule has 0 amide bonds. The molecular formula is C18H33N3O6. The van der Waals surface area contributed by atoms with Gasteiger partial charge in [0, 0.05) is 0 Å². The molecule has 4 aliphatic rings. The molecule has 0 spiro atoms. The van der Waals surface area contributed by atoms with E-state index in [1.54, 1.807) is 7.05 Å². The SMILES string of the molecule is CNC1C(O)C2OC3OCCC(NCC4CC4)C3(O)OC2C(N(C)C)C1O. The van der Waals surface area contributed by atoms with Gasteiger partial charge in [0.2, 0.25) is 12.1 Å². The molecular weight excluding hydrogens is 354 g/mol. The van der Waals surface area contributed by atoms with Crippen molar-refractivity contribution >= 4 is 0 Å². The smallest absolute Gasteiger partial charge is 0.234 e. The van der Waals surface area contributed by atoms with Gasteiger partial charge in [-0.3, -0.25) is 0 Å². The van der Waals surface area contributed by atoms with E-state index in [4.69, 9.17) is 14.2 Å². The van der Waals surface area contributed by atoms with Crippen LogP contribution in [0.2, 0.25) is 0 Å². The molecule has 9 heteroatoms. The molecule has 0 radical (unpaired) electrons. The number of hydrogen-bond donors (Lipinski definition) is 5. The fraction of sp³-hybridized carbons (Fsp3) is 1.00. The van der Waals surface area contributed by atoms with Crippen LogP contribution in [0.25, 0.3) is 0 Å². The number of fused-ring (bicyclic) bond motifs is 2. The Morgan fingerprint density at radius 2 is 1.85 bits per heavy atom. The Hall–Kier alpha value is -0.360. The van der Waals surface area contributed by atoms with Gasteiger partial charge in [0.25, 0.3) is 0 Å². The largest absolute Gasteiger partial charge is 0.390 e. The number of aliphatic hydroxyl groups is 3. The second kappa shape index (κ2) is 7.47. The molecule has 5 N–H and O–H groups in total. The summed E-state index contributed by atoms with van der Waals surface area (Å²) in [6.07, 6.45) is -1.22. The van der Waals surface area contributed by atoms with Crippen LogP contribution in [-0.4, -0.2) is 109 Å². The van der Waals surface area contributed by atoms with Crippen molar-refractivity contribution in [2.45, 2.75) is 73.9 Å². The molecule has 0 bridgehead atoms. The van der Waals surface area contributed by atoms with E-state index in [-0.39, 0.29) is 6.04 Å². The van der Waals surface area contributed by atoms with Crippen molar-refractivity contribution in [1.29, 1.82) is 0 Å². The minimum atomic E-state index is -1.66. The van der Waals surface area contributed by atoms with Crippen LogP contribution in [0, 0.1) is 5.92 Å². The summed E-state index contributed by atoms with van der Waals surface area (Å²) in [5.74, 6) is -0.995. The molecule has 4 fully saturated rings. The normalized spacial score (nSPS) is 50.3. The second-order valence-electron chi connectivity index (χ2n) is 8.58. The predicted molar refractivity (Wildman–Crippen MR) is 95.9 cm³/mol. The summed E-state index contributed by atoms with van der Waals surface area (Å²) >= 11 is 0. The van der Waals surface area contributed by atoms with Crippen LogP contribution in [0.15, 0.2) is 0 Å². The second-order valence-corrected chi connectivity index (χ2v) is 8.58. The zero-order valence-corrected chi connectivity index (χ0v) is 16.2. The molecule has 2 heterocycles. The lowest BCUT2D eigenvalue weighted by molar-refractivity contribution is -0.445. The highest BCUT2D eigenvalue weighted by Gasteiger charge is 2.63. The van der Waals surface area contributed by atoms with Gasteiger partial charge in [0.1, 0.15) is 18.3 Å². The lowest BCUT2D eigenvalue weighted by Gasteiger charge is -2.58. The molecule has 9 unspecified atom stereocenters. The van der Waals surface area contributed by atoms with Crippen molar-refractivity contribution in [2.75, 3.05) is 34.3 Å². The first-order valence-corrected chi connectivity index (χ1v) is 9.97. The molecule has 156 valence electrons. The maximum atomic E-state index is 11.4. The Kier molecular flexibility index (Phi) is 5.52. The average molecular weight is 387 g/mol. The van der Waals surface area contributed by atoms with Crippen molar-refractivity contribution in [3.8, 4) is 0 Å². The summed E-state index contributed by atoms with van der Waals surface area (Å²) in [5, 5.41) is 39.3. The van der Waals surface area contributed by atoms with Crippen molar-refractivity contribution in [1.82, 2.24) is 15.5 Å². The molecule has 27 heavy (non-hydrogen) atoms. The highest BCUT2D eigenvalue weighted by Crippen LogP contribution is 2.41. The van der Waals surface area contributed by atoms with Gasteiger partial charge in [-0.05, 0) is 52.9 Å². The van der Waals surface area contributed by atoms with Crippen molar-refractivity contribution in [3.05, 3.63) is 0 Å². The fourth-order valence-electron chi connectivity index (χ4n) is 4.74. The number of aliphatic hydroxyl groups excluding tert-OH is 2. The highest BCUT2D eigenvalue weighted by atomic mass is 16.8. The quantitative estimate of drug-likeness (QED) is 0.359. The van der Waals surface area contributed by atoms with Crippen molar-refractivity contribution in [2.24, 2.45) is 5.92 Å².